The molecule has 3 heteroatoms. The molecular weight excluding hydrogens is 168 g/mol. The lowest BCUT2D eigenvalue weighted by Gasteiger charge is -2.27. The number of hydrogen-bond donors (Lipinski definition) is 0. The molecule has 0 aromatic rings. The number of ether oxygens (including phenoxy) is 2. The van der Waals surface area contributed by atoms with Gasteiger partial charge in [-0.15, -0.1) is 0 Å². The third-order valence-corrected chi connectivity index (χ3v) is 2.06. The van der Waals surface area contributed by atoms with Gasteiger partial charge in [0.1, 0.15) is 5.60 Å². The molecule has 1 aliphatic rings. The fourth-order valence-corrected chi connectivity index (χ4v) is 1.01. The van der Waals surface area contributed by atoms with Gasteiger partial charge in [0, 0.05) is 0 Å². The summed E-state index contributed by atoms with van der Waals surface area (Å²) in [6.45, 7) is 10.0. The monoisotopic (exact) mass is 186 g/mol. The van der Waals surface area contributed by atoms with Crippen LogP contribution in [0.5, 0.6) is 0 Å². The van der Waals surface area contributed by atoms with Crippen molar-refractivity contribution in [2.45, 2.75) is 46.3 Å². The molecule has 0 spiro atoms. The van der Waals surface area contributed by atoms with Gasteiger partial charge < -0.3 is 9.47 Å². The Morgan fingerprint density at radius 2 is 1.77 bits per heavy atom. The minimum Gasteiger partial charge on any atom is -0.459 e. The van der Waals surface area contributed by atoms with Crippen molar-refractivity contribution in [3.63, 3.8) is 0 Å². The molecular formula is C10H18O3. The Morgan fingerprint density at radius 1 is 1.31 bits per heavy atom. The van der Waals surface area contributed by atoms with Crippen molar-refractivity contribution in [1.82, 2.24) is 0 Å². The van der Waals surface area contributed by atoms with Crippen LogP contribution in [-0.2, 0) is 14.3 Å². The van der Waals surface area contributed by atoms with Crippen molar-refractivity contribution in [3.8, 4) is 0 Å². The van der Waals surface area contributed by atoms with Gasteiger partial charge in [0.05, 0.1) is 18.1 Å². The van der Waals surface area contributed by atoms with E-state index in [1.165, 1.54) is 0 Å². The first-order chi connectivity index (χ1) is 5.73. The summed E-state index contributed by atoms with van der Waals surface area (Å²) >= 11 is 0. The van der Waals surface area contributed by atoms with Crippen molar-refractivity contribution >= 4 is 5.97 Å². The van der Waals surface area contributed by atoms with E-state index in [0.29, 0.717) is 6.61 Å². The first-order valence-electron chi connectivity index (χ1n) is 4.58. The van der Waals surface area contributed by atoms with Crippen molar-refractivity contribution in [2.75, 3.05) is 6.61 Å². The Balaban J connectivity index is 2.56. The Labute approximate surface area is 79.4 Å². The molecule has 0 aromatic heterocycles. The number of hydrogen-bond acceptors (Lipinski definition) is 3. The summed E-state index contributed by atoms with van der Waals surface area (Å²) in [5.74, 6) is -0.178. The van der Waals surface area contributed by atoms with Gasteiger partial charge in [0.15, 0.2) is 0 Å². The third-order valence-electron chi connectivity index (χ3n) is 2.06. The number of carbonyl (C=O) groups excluding carboxylic acids is 1. The average molecular weight is 186 g/mol. The molecule has 13 heavy (non-hydrogen) atoms. The van der Waals surface area contributed by atoms with Gasteiger partial charge in [-0.1, -0.05) is 0 Å². The molecule has 0 bridgehead atoms. The van der Waals surface area contributed by atoms with E-state index >= 15 is 0 Å². The van der Waals surface area contributed by atoms with Crippen molar-refractivity contribution in [3.05, 3.63) is 0 Å². The van der Waals surface area contributed by atoms with E-state index in [2.05, 4.69) is 0 Å². The lowest BCUT2D eigenvalue weighted by molar-refractivity contribution is -0.166. The molecule has 3 nitrogen and oxygen atoms in total. The Bertz CT molecular complexity index is 209. The largest absolute Gasteiger partial charge is 0.459 e. The summed E-state index contributed by atoms with van der Waals surface area (Å²) in [5, 5.41) is 0. The minimum atomic E-state index is -0.507. The zero-order valence-corrected chi connectivity index (χ0v) is 9.01. The maximum atomic E-state index is 11.7. The highest BCUT2D eigenvalue weighted by Gasteiger charge is 2.47. The highest BCUT2D eigenvalue weighted by Crippen LogP contribution is 2.34. The Hall–Kier alpha value is -0.570. The SMILES string of the molecule is CC(C)(C)OC(=O)C(C)(C)C1CO1. The van der Waals surface area contributed by atoms with Crippen LogP contribution in [0.4, 0.5) is 0 Å². The van der Waals surface area contributed by atoms with Crippen LogP contribution in [0.3, 0.4) is 0 Å². The zero-order valence-electron chi connectivity index (χ0n) is 9.01. The van der Waals surface area contributed by atoms with Crippen LogP contribution in [0, 0.1) is 5.41 Å². The van der Waals surface area contributed by atoms with Gasteiger partial charge in [-0.25, -0.2) is 0 Å². The van der Waals surface area contributed by atoms with Crippen LogP contribution in [0.2, 0.25) is 0 Å². The van der Waals surface area contributed by atoms with E-state index in [1.54, 1.807) is 0 Å². The molecule has 0 N–H and O–H groups in total. The number of rotatable bonds is 2. The molecule has 1 aliphatic heterocycles. The molecule has 1 fully saturated rings. The fourth-order valence-electron chi connectivity index (χ4n) is 1.01. The maximum absolute atomic E-state index is 11.7. The molecule has 1 atom stereocenters. The van der Waals surface area contributed by atoms with Gasteiger partial charge in [0.25, 0.3) is 0 Å². The van der Waals surface area contributed by atoms with Crippen LogP contribution >= 0.6 is 0 Å². The van der Waals surface area contributed by atoms with Gasteiger partial charge in [0.2, 0.25) is 0 Å². The second-order valence-corrected chi connectivity index (χ2v) is 5.05. The lowest BCUT2D eigenvalue weighted by Crippen LogP contribution is -2.37. The maximum Gasteiger partial charge on any atom is 0.314 e. The quantitative estimate of drug-likeness (QED) is 0.487. The molecule has 0 aliphatic carbocycles. The molecule has 1 saturated heterocycles. The summed E-state index contributed by atoms with van der Waals surface area (Å²) in [4.78, 5) is 11.7. The lowest BCUT2D eigenvalue weighted by atomic mass is 9.89. The van der Waals surface area contributed by atoms with E-state index in [1.807, 2.05) is 34.6 Å². The number of esters is 1. The minimum absolute atomic E-state index is 0.0438. The van der Waals surface area contributed by atoms with E-state index in [4.69, 9.17) is 9.47 Å². The Kier molecular flexibility index (Phi) is 2.41. The van der Waals surface area contributed by atoms with E-state index < -0.39 is 11.0 Å². The van der Waals surface area contributed by atoms with E-state index in [-0.39, 0.29) is 12.1 Å². The number of epoxide rings is 1. The topological polar surface area (TPSA) is 38.8 Å². The smallest absolute Gasteiger partial charge is 0.314 e. The van der Waals surface area contributed by atoms with Crippen LogP contribution in [0.15, 0.2) is 0 Å². The summed E-state index contributed by atoms with van der Waals surface area (Å²) in [7, 11) is 0. The van der Waals surface area contributed by atoms with Gasteiger partial charge in [-0.2, -0.15) is 0 Å². The summed E-state index contributed by atoms with van der Waals surface area (Å²) in [5.41, 5.74) is -0.920. The molecule has 1 unspecified atom stereocenters. The summed E-state index contributed by atoms with van der Waals surface area (Å²) in [6.07, 6.45) is 0.0438. The second-order valence-electron chi connectivity index (χ2n) is 5.05. The highest BCUT2D eigenvalue weighted by atomic mass is 16.6. The van der Waals surface area contributed by atoms with Crippen molar-refractivity contribution in [2.24, 2.45) is 5.41 Å². The van der Waals surface area contributed by atoms with Crippen LogP contribution in [-0.4, -0.2) is 24.3 Å². The molecule has 0 radical (unpaired) electrons. The van der Waals surface area contributed by atoms with Gasteiger partial charge in [-0.3, -0.25) is 4.79 Å². The van der Waals surface area contributed by atoms with Crippen molar-refractivity contribution < 1.29 is 14.3 Å². The predicted octanol–water partition coefficient (Wildman–Crippen LogP) is 1.75. The normalized spacial score (nSPS) is 22.7. The van der Waals surface area contributed by atoms with Crippen molar-refractivity contribution in [1.29, 1.82) is 0 Å². The first-order valence-corrected chi connectivity index (χ1v) is 4.58. The van der Waals surface area contributed by atoms with Gasteiger partial charge in [-0.05, 0) is 34.6 Å². The average Bonchev–Trinajstić information content (AvgIpc) is 2.62. The van der Waals surface area contributed by atoms with Crippen LogP contribution < -0.4 is 0 Å². The van der Waals surface area contributed by atoms with Crippen LogP contribution in [0.1, 0.15) is 34.6 Å². The fraction of sp³-hybridized carbons (Fsp3) is 0.900. The Morgan fingerprint density at radius 3 is 2.08 bits per heavy atom. The molecule has 76 valence electrons. The second kappa shape index (κ2) is 2.98. The number of carbonyl (C=O) groups is 1. The first kappa shape index (κ1) is 10.5. The molecule has 0 amide bonds. The summed E-state index contributed by atoms with van der Waals surface area (Å²) < 4.78 is 10.4. The summed E-state index contributed by atoms with van der Waals surface area (Å²) in [6, 6.07) is 0. The molecule has 0 saturated carbocycles. The van der Waals surface area contributed by atoms with E-state index in [0.717, 1.165) is 0 Å². The van der Waals surface area contributed by atoms with Crippen LogP contribution in [0.25, 0.3) is 0 Å². The molecule has 1 rings (SSSR count). The molecule has 1 heterocycles. The third kappa shape index (κ3) is 2.69. The standard InChI is InChI=1S/C10H18O3/c1-9(2,3)13-8(11)10(4,5)7-6-12-7/h7H,6H2,1-5H3. The van der Waals surface area contributed by atoms with Gasteiger partial charge >= 0.3 is 5.97 Å². The molecule has 0 aromatic carbocycles. The predicted molar refractivity (Wildman–Crippen MR) is 49.4 cm³/mol. The zero-order chi connectivity index (χ0) is 10.3. The highest BCUT2D eigenvalue weighted by molar-refractivity contribution is 5.77. The van der Waals surface area contributed by atoms with E-state index in [9.17, 15) is 4.79 Å².